The molecule has 1 aromatic heterocycles. The van der Waals surface area contributed by atoms with Crippen LogP contribution < -0.4 is 15.2 Å². The molecule has 0 unspecified atom stereocenters. The molecule has 2 aromatic carbocycles. The first kappa shape index (κ1) is 19.4. The van der Waals surface area contributed by atoms with Gasteiger partial charge in [0.05, 0.1) is 7.11 Å². The molecule has 0 atom stereocenters. The highest BCUT2D eigenvalue weighted by Crippen LogP contribution is 2.31. The van der Waals surface area contributed by atoms with Crippen LogP contribution >= 0.6 is 11.3 Å². The fourth-order valence-corrected chi connectivity index (χ4v) is 3.32. The molecule has 7 nitrogen and oxygen atoms in total. The van der Waals surface area contributed by atoms with Crippen LogP contribution in [0, 0.1) is 0 Å². The second-order valence-electron chi connectivity index (χ2n) is 6.24. The fourth-order valence-electron chi connectivity index (χ4n) is 2.72. The van der Waals surface area contributed by atoms with E-state index in [-0.39, 0.29) is 17.3 Å². The molecule has 0 saturated carbocycles. The Bertz CT molecular complexity index is 1160. The number of nitrogen functional groups attached to an aromatic ring is 1. The molecule has 2 heterocycles. The van der Waals surface area contributed by atoms with Crippen LogP contribution in [0.1, 0.15) is 20.8 Å². The summed E-state index contributed by atoms with van der Waals surface area (Å²) in [6.07, 6.45) is 1.57. The van der Waals surface area contributed by atoms with E-state index in [1.165, 1.54) is 18.4 Å². The molecule has 0 spiro atoms. The Morgan fingerprint density at radius 2 is 1.93 bits per heavy atom. The lowest BCUT2D eigenvalue weighted by Crippen LogP contribution is -2.07. The lowest BCUT2D eigenvalue weighted by Gasteiger charge is -2.09. The summed E-state index contributed by atoms with van der Waals surface area (Å²) in [7, 11) is 1.47. The van der Waals surface area contributed by atoms with E-state index in [4.69, 9.17) is 19.9 Å². The second-order valence-corrected chi connectivity index (χ2v) is 7.18. The van der Waals surface area contributed by atoms with Gasteiger partial charge < -0.3 is 19.9 Å². The summed E-state index contributed by atoms with van der Waals surface area (Å²) in [6.45, 7) is 0. The molecule has 3 aromatic rings. The largest absolute Gasteiger partial charge is 0.493 e. The number of ether oxygens (including phenoxy) is 3. The number of hydrogen-bond donors (Lipinski definition) is 1. The highest BCUT2D eigenvalue weighted by atomic mass is 32.1. The maximum absolute atomic E-state index is 12.2. The molecule has 0 aliphatic carbocycles. The first-order valence-corrected chi connectivity index (χ1v) is 9.73. The second kappa shape index (κ2) is 8.22. The van der Waals surface area contributed by atoms with Crippen LogP contribution in [0.25, 0.3) is 6.08 Å². The average molecular weight is 420 g/mol. The molecule has 0 fully saturated rings. The quantitative estimate of drug-likeness (QED) is 0.291. The number of nitrogens with two attached hydrogens (primary N) is 1. The van der Waals surface area contributed by atoms with Crippen molar-refractivity contribution in [1.82, 2.24) is 0 Å². The predicted octanol–water partition coefficient (Wildman–Crippen LogP) is 3.90. The number of benzene rings is 2. The van der Waals surface area contributed by atoms with Crippen LogP contribution in [-0.2, 0) is 9.53 Å². The monoisotopic (exact) mass is 420 g/mol. The number of cyclic esters (lactones) is 1. The van der Waals surface area contributed by atoms with Gasteiger partial charge in [0.1, 0.15) is 4.88 Å². The third kappa shape index (κ3) is 4.08. The molecule has 4 rings (SSSR count). The number of carbonyl (C=O) groups excluding carboxylic acids is 2. The molecular formula is C22H16N2O5S. The Hall–Kier alpha value is -3.91. The Labute approximate surface area is 176 Å². The van der Waals surface area contributed by atoms with E-state index < -0.39 is 11.9 Å². The van der Waals surface area contributed by atoms with E-state index in [0.29, 0.717) is 27.4 Å². The molecule has 0 bridgehead atoms. The topological polar surface area (TPSA) is 100 Å². The Morgan fingerprint density at radius 1 is 1.13 bits per heavy atom. The SMILES string of the molecule is COc1cc(/C=C2/N=C(c3ccc(N)cc3)OC2=O)ccc1OC(=O)c1cccs1. The molecule has 30 heavy (non-hydrogen) atoms. The number of methoxy groups -OCH3 is 1. The van der Waals surface area contributed by atoms with Crippen molar-refractivity contribution in [1.29, 1.82) is 0 Å². The first-order valence-electron chi connectivity index (χ1n) is 8.85. The zero-order chi connectivity index (χ0) is 21.1. The van der Waals surface area contributed by atoms with Crippen molar-refractivity contribution in [2.75, 3.05) is 12.8 Å². The van der Waals surface area contributed by atoms with Crippen LogP contribution in [0.15, 0.2) is 70.7 Å². The number of thiophene rings is 1. The number of hydrogen-bond acceptors (Lipinski definition) is 8. The predicted molar refractivity (Wildman–Crippen MR) is 114 cm³/mol. The summed E-state index contributed by atoms with van der Waals surface area (Å²) < 4.78 is 16.0. The van der Waals surface area contributed by atoms with E-state index in [2.05, 4.69) is 4.99 Å². The van der Waals surface area contributed by atoms with Crippen LogP contribution in [0.4, 0.5) is 5.69 Å². The summed E-state index contributed by atoms with van der Waals surface area (Å²) in [5.74, 6) is -0.193. The Morgan fingerprint density at radius 3 is 2.63 bits per heavy atom. The van der Waals surface area contributed by atoms with Gasteiger partial charge in [-0.05, 0) is 59.5 Å². The molecule has 0 radical (unpaired) electrons. The van der Waals surface area contributed by atoms with Gasteiger partial charge in [-0.2, -0.15) is 0 Å². The maximum Gasteiger partial charge on any atom is 0.363 e. The van der Waals surface area contributed by atoms with E-state index in [9.17, 15) is 9.59 Å². The van der Waals surface area contributed by atoms with Crippen molar-refractivity contribution in [3.8, 4) is 11.5 Å². The number of rotatable bonds is 5. The minimum atomic E-state index is -0.561. The van der Waals surface area contributed by atoms with Gasteiger partial charge in [0.2, 0.25) is 5.90 Å². The van der Waals surface area contributed by atoms with Gasteiger partial charge in [-0.3, -0.25) is 0 Å². The molecular weight excluding hydrogens is 404 g/mol. The number of carbonyl (C=O) groups is 2. The average Bonchev–Trinajstić information content (AvgIpc) is 3.40. The summed E-state index contributed by atoms with van der Waals surface area (Å²) in [4.78, 5) is 29.1. The van der Waals surface area contributed by atoms with Gasteiger partial charge in [0.25, 0.3) is 0 Å². The zero-order valence-corrected chi connectivity index (χ0v) is 16.6. The normalized spacial score (nSPS) is 14.4. The molecule has 0 amide bonds. The number of esters is 2. The zero-order valence-electron chi connectivity index (χ0n) is 15.8. The van der Waals surface area contributed by atoms with Gasteiger partial charge in [0, 0.05) is 11.3 Å². The fraction of sp³-hybridized carbons (Fsp3) is 0.0455. The standard InChI is InChI=1S/C22H16N2O5S/c1-27-18-12-13(4-9-17(18)28-22(26)19-3-2-10-30-19)11-16-21(25)29-20(24-16)14-5-7-15(23)8-6-14/h2-12H,23H2,1H3/b16-11+. The van der Waals surface area contributed by atoms with Gasteiger partial charge in [-0.25, -0.2) is 14.6 Å². The van der Waals surface area contributed by atoms with Crippen LogP contribution in [0.3, 0.4) is 0 Å². The van der Waals surface area contributed by atoms with E-state index in [1.54, 1.807) is 66.1 Å². The number of aliphatic imine (C=N–C) groups is 1. The van der Waals surface area contributed by atoms with Crippen LogP contribution in [0.5, 0.6) is 11.5 Å². The number of anilines is 1. The van der Waals surface area contributed by atoms with Gasteiger partial charge in [-0.1, -0.05) is 12.1 Å². The molecule has 1 aliphatic heterocycles. The smallest absolute Gasteiger partial charge is 0.363 e. The summed E-state index contributed by atoms with van der Waals surface area (Å²) in [6, 6.07) is 15.2. The highest BCUT2D eigenvalue weighted by molar-refractivity contribution is 7.12. The maximum atomic E-state index is 12.2. The third-order valence-corrected chi connectivity index (χ3v) is 5.04. The van der Waals surface area contributed by atoms with E-state index in [1.807, 2.05) is 0 Å². The lowest BCUT2D eigenvalue weighted by atomic mass is 10.1. The van der Waals surface area contributed by atoms with Crippen molar-refractivity contribution in [2.24, 2.45) is 4.99 Å². The third-order valence-electron chi connectivity index (χ3n) is 4.19. The molecule has 8 heteroatoms. The molecule has 2 N–H and O–H groups in total. The van der Waals surface area contributed by atoms with Crippen molar-refractivity contribution in [3.05, 3.63) is 81.7 Å². The van der Waals surface area contributed by atoms with Crippen molar-refractivity contribution < 1.29 is 23.8 Å². The highest BCUT2D eigenvalue weighted by Gasteiger charge is 2.24. The Balaban J connectivity index is 1.58. The molecule has 150 valence electrons. The van der Waals surface area contributed by atoms with Gasteiger partial charge in [-0.15, -0.1) is 11.3 Å². The summed E-state index contributed by atoms with van der Waals surface area (Å²) in [5.41, 5.74) is 7.71. The van der Waals surface area contributed by atoms with Crippen LogP contribution in [-0.4, -0.2) is 24.9 Å². The van der Waals surface area contributed by atoms with Gasteiger partial charge in [0.15, 0.2) is 17.2 Å². The van der Waals surface area contributed by atoms with Crippen molar-refractivity contribution in [2.45, 2.75) is 0 Å². The summed E-state index contributed by atoms with van der Waals surface area (Å²) >= 11 is 1.29. The van der Waals surface area contributed by atoms with E-state index in [0.717, 1.165) is 0 Å². The minimum absolute atomic E-state index is 0.146. The van der Waals surface area contributed by atoms with E-state index >= 15 is 0 Å². The Kier molecular flexibility index (Phi) is 5.32. The molecule has 1 aliphatic rings. The summed E-state index contributed by atoms with van der Waals surface area (Å²) in [5, 5.41) is 1.79. The van der Waals surface area contributed by atoms with Gasteiger partial charge >= 0.3 is 11.9 Å². The number of nitrogens with zero attached hydrogens (tertiary/aromatic N) is 1. The van der Waals surface area contributed by atoms with Crippen LogP contribution in [0.2, 0.25) is 0 Å². The molecule has 0 saturated heterocycles. The lowest BCUT2D eigenvalue weighted by molar-refractivity contribution is -0.129. The van der Waals surface area contributed by atoms with Crippen molar-refractivity contribution >= 4 is 40.9 Å². The minimum Gasteiger partial charge on any atom is -0.493 e. The first-order chi connectivity index (χ1) is 14.5. The van der Waals surface area contributed by atoms with Crippen molar-refractivity contribution in [3.63, 3.8) is 0 Å².